The number of hydrogen-bond acceptors (Lipinski definition) is 6. The van der Waals surface area contributed by atoms with Crippen LogP contribution >= 0.6 is 11.8 Å². The number of nitrogens with two attached hydrogens (primary N) is 1. The summed E-state index contributed by atoms with van der Waals surface area (Å²) in [6, 6.07) is 1.79. The zero-order chi connectivity index (χ0) is 15.9. The first kappa shape index (κ1) is 16.8. The molecule has 1 aromatic heterocycles. The third-order valence-electron chi connectivity index (χ3n) is 3.57. The van der Waals surface area contributed by atoms with Crippen LogP contribution in [0.15, 0.2) is 10.6 Å². The summed E-state index contributed by atoms with van der Waals surface area (Å²) < 4.78 is 4.87. The van der Waals surface area contributed by atoms with Crippen LogP contribution in [-0.4, -0.2) is 52.5 Å². The maximum absolute atomic E-state index is 12.2. The Bertz CT molecular complexity index is 520. The minimum atomic E-state index is -0.194. The lowest BCUT2D eigenvalue weighted by molar-refractivity contribution is -0.131. The van der Waals surface area contributed by atoms with Crippen molar-refractivity contribution >= 4 is 29.4 Å². The molecule has 1 fully saturated rings. The number of rotatable bonds is 6. The Hall–Kier alpha value is -1.54. The molecule has 1 saturated heterocycles. The van der Waals surface area contributed by atoms with Crippen LogP contribution in [0.4, 0.5) is 5.82 Å². The molecule has 0 spiro atoms. The monoisotopic (exact) mass is 326 g/mol. The third-order valence-corrected chi connectivity index (χ3v) is 4.49. The number of piperidine rings is 1. The van der Waals surface area contributed by atoms with Gasteiger partial charge < -0.3 is 20.5 Å². The van der Waals surface area contributed by atoms with Crippen molar-refractivity contribution in [3.8, 4) is 0 Å². The number of likely N-dealkylation sites (tertiary alicyclic amines) is 1. The minimum absolute atomic E-state index is 0.0604. The van der Waals surface area contributed by atoms with Gasteiger partial charge in [-0.1, -0.05) is 5.16 Å². The summed E-state index contributed by atoms with van der Waals surface area (Å²) in [7, 11) is 0. The molecular weight excluding hydrogens is 304 g/mol. The molecule has 1 atom stereocenters. The molecule has 2 rings (SSSR count). The molecule has 2 amide bonds. The van der Waals surface area contributed by atoms with Gasteiger partial charge in [0.25, 0.3) is 0 Å². The van der Waals surface area contributed by atoms with Crippen molar-refractivity contribution < 1.29 is 14.1 Å². The number of aryl methyl sites for hydroxylation is 1. The van der Waals surface area contributed by atoms with Crippen molar-refractivity contribution in [3.05, 3.63) is 11.8 Å². The second-order valence-electron chi connectivity index (χ2n) is 5.34. The molecule has 0 saturated carbocycles. The van der Waals surface area contributed by atoms with Crippen molar-refractivity contribution in [1.29, 1.82) is 0 Å². The zero-order valence-corrected chi connectivity index (χ0v) is 13.5. The Morgan fingerprint density at radius 2 is 2.32 bits per heavy atom. The second-order valence-corrected chi connectivity index (χ2v) is 6.32. The van der Waals surface area contributed by atoms with E-state index in [0.29, 0.717) is 23.9 Å². The van der Waals surface area contributed by atoms with Gasteiger partial charge in [-0.3, -0.25) is 9.59 Å². The molecule has 1 unspecified atom stereocenters. The van der Waals surface area contributed by atoms with Crippen molar-refractivity contribution in [2.45, 2.75) is 32.2 Å². The second kappa shape index (κ2) is 8.19. The number of aromatic nitrogens is 1. The smallest absolute Gasteiger partial charge is 0.235 e. The maximum Gasteiger partial charge on any atom is 0.235 e. The van der Waals surface area contributed by atoms with Crippen molar-refractivity contribution in [2.24, 2.45) is 5.73 Å². The third kappa shape index (κ3) is 4.74. The van der Waals surface area contributed by atoms with Crippen LogP contribution in [0.5, 0.6) is 0 Å². The molecule has 3 N–H and O–H groups in total. The summed E-state index contributed by atoms with van der Waals surface area (Å²) in [5.74, 6) is 1.40. The number of hydrogen-bond donors (Lipinski definition) is 2. The fourth-order valence-electron chi connectivity index (χ4n) is 2.49. The van der Waals surface area contributed by atoms with E-state index in [1.165, 1.54) is 11.8 Å². The normalized spacial score (nSPS) is 18.3. The molecule has 8 heteroatoms. The van der Waals surface area contributed by atoms with E-state index in [4.69, 9.17) is 10.3 Å². The average Bonchev–Trinajstić information content (AvgIpc) is 2.92. The van der Waals surface area contributed by atoms with E-state index < -0.39 is 0 Å². The fourth-order valence-corrected chi connectivity index (χ4v) is 3.19. The van der Waals surface area contributed by atoms with E-state index in [-0.39, 0.29) is 23.6 Å². The van der Waals surface area contributed by atoms with Crippen molar-refractivity contribution in [1.82, 2.24) is 10.1 Å². The molecule has 0 radical (unpaired) electrons. The van der Waals surface area contributed by atoms with Crippen LogP contribution in [0.3, 0.4) is 0 Å². The SMILES string of the molecule is Cc1cc(NC(=O)CSCC(=O)N2CCCCC2CN)no1. The first-order chi connectivity index (χ1) is 10.6. The number of amides is 2. The van der Waals surface area contributed by atoms with Crippen LogP contribution in [0, 0.1) is 6.92 Å². The molecule has 2 heterocycles. The lowest BCUT2D eigenvalue weighted by atomic mass is 10.0. The average molecular weight is 326 g/mol. The Morgan fingerprint density at radius 3 is 3.00 bits per heavy atom. The van der Waals surface area contributed by atoms with Crippen molar-refractivity contribution in [3.63, 3.8) is 0 Å². The van der Waals surface area contributed by atoms with E-state index in [1.807, 2.05) is 4.90 Å². The highest BCUT2D eigenvalue weighted by Gasteiger charge is 2.25. The van der Waals surface area contributed by atoms with Crippen LogP contribution in [0.2, 0.25) is 0 Å². The molecular formula is C14H22N4O3S. The highest BCUT2D eigenvalue weighted by atomic mass is 32.2. The van der Waals surface area contributed by atoms with E-state index in [1.54, 1.807) is 13.0 Å². The number of nitrogens with zero attached hydrogens (tertiary/aromatic N) is 2. The number of anilines is 1. The van der Waals surface area contributed by atoms with Crippen LogP contribution in [0.25, 0.3) is 0 Å². The topological polar surface area (TPSA) is 101 Å². The molecule has 1 aromatic rings. The van der Waals surface area contributed by atoms with Crippen LogP contribution in [0.1, 0.15) is 25.0 Å². The molecule has 1 aliphatic heterocycles. The predicted molar refractivity (Wildman–Crippen MR) is 85.6 cm³/mol. The summed E-state index contributed by atoms with van der Waals surface area (Å²) in [4.78, 5) is 25.8. The Balaban J connectivity index is 1.71. The molecule has 122 valence electrons. The largest absolute Gasteiger partial charge is 0.360 e. The summed E-state index contributed by atoms with van der Waals surface area (Å²) in [6.07, 6.45) is 3.12. The quantitative estimate of drug-likeness (QED) is 0.808. The zero-order valence-electron chi connectivity index (χ0n) is 12.7. The maximum atomic E-state index is 12.2. The summed E-state index contributed by atoms with van der Waals surface area (Å²) >= 11 is 1.30. The predicted octanol–water partition coefficient (Wildman–Crippen LogP) is 0.995. The van der Waals surface area contributed by atoms with Gasteiger partial charge in [0.2, 0.25) is 11.8 Å². The molecule has 0 bridgehead atoms. The summed E-state index contributed by atoms with van der Waals surface area (Å²) in [5, 5.41) is 6.31. The van der Waals surface area contributed by atoms with E-state index >= 15 is 0 Å². The first-order valence-corrected chi connectivity index (χ1v) is 8.56. The van der Waals surface area contributed by atoms with Gasteiger partial charge in [0, 0.05) is 25.2 Å². The van der Waals surface area contributed by atoms with Gasteiger partial charge in [-0.25, -0.2) is 0 Å². The molecule has 0 aromatic carbocycles. The van der Waals surface area contributed by atoms with E-state index in [2.05, 4.69) is 10.5 Å². The van der Waals surface area contributed by atoms with Gasteiger partial charge in [0.05, 0.1) is 11.5 Å². The van der Waals surface area contributed by atoms with Gasteiger partial charge in [-0.05, 0) is 26.2 Å². The number of nitrogens with one attached hydrogen (secondary N) is 1. The van der Waals surface area contributed by atoms with Gasteiger partial charge in [-0.2, -0.15) is 0 Å². The van der Waals surface area contributed by atoms with Crippen molar-refractivity contribution in [2.75, 3.05) is 29.9 Å². The Kier molecular flexibility index (Phi) is 6.26. The summed E-state index contributed by atoms with van der Waals surface area (Å²) in [6.45, 7) is 3.02. The Labute approximate surface area is 134 Å². The molecule has 0 aliphatic carbocycles. The highest BCUT2D eigenvalue weighted by Crippen LogP contribution is 2.17. The first-order valence-electron chi connectivity index (χ1n) is 7.40. The van der Waals surface area contributed by atoms with E-state index in [9.17, 15) is 9.59 Å². The minimum Gasteiger partial charge on any atom is -0.360 e. The highest BCUT2D eigenvalue weighted by molar-refractivity contribution is 8.00. The molecule has 22 heavy (non-hydrogen) atoms. The fraction of sp³-hybridized carbons (Fsp3) is 0.643. The number of carbonyl (C=O) groups is 2. The van der Waals surface area contributed by atoms with Gasteiger partial charge in [-0.15, -0.1) is 11.8 Å². The van der Waals surface area contributed by atoms with Crippen LogP contribution in [-0.2, 0) is 9.59 Å². The molecule has 7 nitrogen and oxygen atoms in total. The van der Waals surface area contributed by atoms with Gasteiger partial charge in [0.1, 0.15) is 5.76 Å². The van der Waals surface area contributed by atoms with E-state index in [0.717, 1.165) is 25.8 Å². The number of carbonyl (C=O) groups excluding carboxylic acids is 2. The van der Waals surface area contributed by atoms with Gasteiger partial charge in [0.15, 0.2) is 5.82 Å². The lowest BCUT2D eigenvalue weighted by Gasteiger charge is -2.35. The number of thioether (sulfide) groups is 1. The molecule has 1 aliphatic rings. The van der Waals surface area contributed by atoms with Crippen LogP contribution < -0.4 is 11.1 Å². The lowest BCUT2D eigenvalue weighted by Crippen LogP contribution is -2.48. The standard InChI is InChI=1S/C14H22N4O3S/c1-10-6-12(17-21-10)16-13(19)8-22-9-14(20)18-5-3-2-4-11(18)7-15/h6,11H,2-5,7-9,15H2,1H3,(H,16,17,19). The Morgan fingerprint density at radius 1 is 1.50 bits per heavy atom. The summed E-state index contributed by atoms with van der Waals surface area (Å²) in [5.41, 5.74) is 5.72. The van der Waals surface area contributed by atoms with Gasteiger partial charge >= 0.3 is 0 Å².